The van der Waals surface area contributed by atoms with E-state index in [9.17, 15) is 9.90 Å². The average Bonchev–Trinajstić information content (AvgIpc) is 3.60. The molecule has 2 aromatic carbocycles. The molecule has 8 heteroatoms. The summed E-state index contributed by atoms with van der Waals surface area (Å²) >= 11 is 6.22. The molecular formula is C36H39ClN2O5. The molecule has 0 bridgehead atoms. The molecule has 0 amide bonds. The number of halogens is 1. The first-order valence-corrected chi connectivity index (χ1v) is 16.0. The molecule has 3 aromatic rings. The maximum atomic E-state index is 12.2. The van der Waals surface area contributed by atoms with Gasteiger partial charge in [-0.15, -0.1) is 0 Å². The van der Waals surface area contributed by atoms with Gasteiger partial charge in [0.25, 0.3) is 0 Å². The highest BCUT2D eigenvalue weighted by Crippen LogP contribution is 2.64. The molecule has 2 aliphatic heterocycles. The van der Waals surface area contributed by atoms with Crippen molar-refractivity contribution in [2.75, 3.05) is 13.2 Å². The van der Waals surface area contributed by atoms with Crippen molar-refractivity contribution in [3.05, 3.63) is 95.2 Å². The number of aliphatic hydroxyl groups is 1. The fourth-order valence-electron chi connectivity index (χ4n) is 8.46. The molecule has 4 fully saturated rings. The Kier molecular flexibility index (Phi) is 7.56. The Morgan fingerprint density at radius 1 is 1.11 bits per heavy atom. The number of allylic oxidation sites excluding steroid dienone is 2. The molecule has 4 aliphatic rings. The Morgan fingerprint density at radius 2 is 1.89 bits per heavy atom. The van der Waals surface area contributed by atoms with Gasteiger partial charge in [0.15, 0.2) is 6.29 Å². The lowest BCUT2D eigenvalue weighted by molar-refractivity contribution is -0.307. The van der Waals surface area contributed by atoms with Crippen molar-refractivity contribution in [1.29, 1.82) is 0 Å². The fraction of sp³-hybridized carbons (Fsp3) is 0.444. The Labute approximate surface area is 263 Å². The highest BCUT2D eigenvalue weighted by atomic mass is 35.5. The average molecular weight is 615 g/mol. The minimum atomic E-state index is -0.850. The summed E-state index contributed by atoms with van der Waals surface area (Å²) in [7, 11) is 0. The van der Waals surface area contributed by atoms with Crippen LogP contribution in [0.3, 0.4) is 0 Å². The van der Waals surface area contributed by atoms with Crippen LogP contribution >= 0.6 is 11.6 Å². The van der Waals surface area contributed by atoms with Gasteiger partial charge >= 0.3 is 5.97 Å². The molecule has 2 saturated carbocycles. The molecule has 230 valence electrons. The minimum Gasteiger partial charge on any atom is -0.459 e. The number of fused-ring (bicyclic) bond motifs is 3. The summed E-state index contributed by atoms with van der Waals surface area (Å²) in [5.74, 6) is 0.141. The maximum Gasteiger partial charge on any atom is 0.336 e. The number of para-hydroxylation sites is 1. The number of esters is 1. The number of rotatable bonds is 5. The molecule has 44 heavy (non-hydrogen) atoms. The number of nitrogens with zero attached hydrogens (tertiary/aromatic N) is 2. The van der Waals surface area contributed by atoms with E-state index in [0.717, 1.165) is 48.2 Å². The van der Waals surface area contributed by atoms with Crippen LogP contribution in [0.15, 0.2) is 84.6 Å². The number of hydrogen-bond donors (Lipinski definition) is 1. The van der Waals surface area contributed by atoms with Gasteiger partial charge in [-0.05, 0) is 73.6 Å². The van der Waals surface area contributed by atoms with Gasteiger partial charge in [0, 0.05) is 22.2 Å². The van der Waals surface area contributed by atoms with Gasteiger partial charge in [0.2, 0.25) is 0 Å². The summed E-state index contributed by atoms with van der Waals surface area (Å²) in [5.41, 5.74) is 5.02. The number of hydrogen-bond acceptors (Lipinski definition) is 6. The monoisotopic (exact) mass is 614 g/mol. The van der Waals surface area contributed by atoms with E-state index in [1.54, 1.807) is 0 Å². The summed E-state index contributed by atoms with van der Waals surface area (Å²) in [6, 6.07) is 17.8. The smallest absolute Gasteiger partial charge is 0.336 e. The summed E-state index contributed by atoms with van der Waals surface area (Å²) in [4.78, 5) is 12.2. The molecule has 0 radical (unpaired) electrons. The molecule has 3 heterocycles. The normalized spacial score (nSPS) is 34.5. The van der Waals surface area contributed by atoms with E-state index < -0.39 is 18.4 Å². The molecule has 1 aromatic heterocycles. The van der Waals surface area contributed by atoms with Crippen molar-refractivity contribution in [3.63, 3.8) is 0 Å². The van der Waals surface area contributed by atoms with E-state index in [4.69, 9.17) is 30.9 Å². The van der Waals surface area contributed by atoms with Crippen LogP contribution in [0.4, 0.5) is 0 Å². The molecule has 2 unspecified atom stereocenters. The lowest BCUT2D eigenvalue weighted by Gasteiger charge is -2.62. The van der Waals surface area contributed by atoms with E-state index in [2.05, 4.69) is 20.4 Å². The lowest BCUT2D eigenvalue weighted by atomic mass is 9.46. The molecule has 0 spiro atoms. The molecule has 7 nitrogen and oxygen atoms in total. The van der Waals surface area contributed by atoms with Gasteiger partial charge in [-0.2, -0.15) is 5.10 Å². The first-order valence-electron chi connectivity index (χ1n) is 15.6. The number of aliphatic hydroxyl groups excluding tert-OH is 1. The Balaban J connectivity index is 1.17. The second kappa shape index (κ2) is 11.3. The van der Waals surface area contributed by atoms with Crippen LogP contribution in [-0.4, -0.2) is 46.3 Å². The number of aromatic nitrogens is 2. The number of ether oxygens (including phenoxy) is 3. The number of benzene rings is 2. The molecule has 2 saturated heterocycles. The predicted molar refractivity (Wildman–Crippen MR) is 168 cm³/mol. The van der Waals surface area contributed by atoms with Crippen molar-refractivity contribution < 1.29 is 24.1 Å². The van der Waals surface area contributed by atoms with E-state index >= 15 is 0 Å². The van der Waals surface area contributed by atoms with Crippen molar-refractivity contribution in [2.24, 2.45) is 22.7 Å². The standard InChI is InChI=1S/C36H39ClN2O5/c1-22-9-16-30-35(2,28(22)15-14-26-29(40)20-42-33(26)41)18-17-31-36(30,3)21-43-34(44-31)27-19-39(25-7-5-4-6-8-25)38-32(27)23-10-12-24(37)13-11-23/h4-8,10-14,19,28-31,34,40H,1,9,15-18,20-21H2,2-3H3/b26-14+/t28-,29?,30+,31-,34?,35+,36+/m1/s1. The third kappa shape index (κ3) is 4.94. The second-order valence-electron chi connectivity index (χ2n) is 13.3. The topological polar surface area (TPSA) is 82.8 Å². The second-order valence-corrected chi connectivity index (χ2v) is 13.8. The highest BCUT2D eigenvalue weighted by Gasteiger charge is 2.60. The van der Waals surface area contributed by atoms with Gasteiger partial charge in [-0.1, -0.05) is 74.0 Å². The van der Waals surface area contributed by atoms with E-state index in [1.165, 1.54) is 5.57 Å². The largest absolute Gasteiger partial charge is 0.459 e. The quantitative estimate of drug-likeness (QED) is 0.185. The van der Waals surface area contributed by atoms with Crippen LogP contribution in [0.1, 0.15) is 57.8 Å². The zero-order chi connectivity index (χ0) is 30.6. The number of carbonyl (C=O) groups is 1. The summed E-state index contributed by atoms with van der Waals surface area (Å²) in [5, 5.41) is 15.9. The van der Waals surface area contributed by atoms with Crippen LogP contribution in [0, 0.1) is 22.7 Å². The summed E-state index contributed by atoms with van der Waals surface area (Å²) in [6.45, 7) is 9.79. The third-order valence-electron chi connectivity index (χ3n) is 10.8. The van der Waals surface area contributed by atoms with Crippen LogP contribution in [0.25, 0.3) is 16.9 Å². The Morgan fingerprint density at radius 3 is 2.61 bits per heavy atom. The van der Waals surface area contributed by atoms with Gasteiger partial charge in [0.05, 0.1) is 29.5 Å². The van der Waals surface area contributed by atoms with E-state index in [0.29, 0.717) is 29.5 Å². The summed E-state index contributed by atoms with van der Waals surface area (Å²) < 4.78 is 20.5. The van der Waals surface area contributed by atoms with Crippen molar-refractivity contribution in [3.8, 4) is 16.9 Å². The first-order chi connectivity index (χ1) is 21.2. The zero-order valence-electron chi connectivity index (χ0n) is 25.2. The van der Waals surface area contributed by atoms with Gasteiger partial charge in [0.1, 0.15) is 18.4 Å². The molecule has 1 N–H and O–H groups in total. The molecule has 7 atom stereocenters. The fourth-order valence-corrected chi connectivity index (χ4v) is 8.59. The Bertz CT molecular complexity index is 1600. The van der Waals surface area contributed by atoms with Crippen molar-refractivity contribution in [1.82, 2.24) is 9.78 Å². The van der Waals surface area contributed by atoms with E-state index in [1.807, 2.05) is 71.6 Å². The van der Waals surface area contributed by atoms with Crippen LogP contribution < -0.4 is 0 Å². The minimum absolute atomic E-state index is 0.0227. The van der Waals surface area contributed by atoms with Crippen LogP contribution in [0.5, 0.6) is 0 Å². The maximum absolute atomic E-state index is 12.2. The van der Waals surface area contributed by atoms with E-state index in [-0.39, 0.29) is 29.5 Å². The first kappa shape index (κ1) is 29.5. The van der Waals surface area contributed by atoms with Gasteiger partial charge < -0.3 is 19.3 Å². The van der Waals surface area contributed by atoms with Crippen LogP contribution in [-0.2, 0) is 19.0 Å². The number of cyclic esters (lactones) is 1. The Hall–Kier alpha value is -3.23. The van der Waals surface area contributed by atoms with Crippen LogP contribution in [0.2, 0.25) is 5.02 Å². The van der Waals surface area contributed by atoms with Crippen molar-refractivity contribution >= 4 is 17.6 Å². The SMILES string of the molecule is C=C1CC[C@@H]2[C@]3(C)COC(c4cn(-c5ccccc5)nc4-c4ccc(Cl)cc4)O[C@@H]3CC[C@@]2(C)[C@@H]1C/C=C1/C(=O)OCC1O. The zero-order valence-corrected chi connectivity index (χ0v) is 26.0. The van der Waals surface area contributed by atoms with Gasteiger partial charge in [-0.3, -0.25) is 0 Å². The highest BCUT2D eigenvalue weighted by molar-refractivity contribution is 6.30. The number of carbonyl (C=O) groups excluding carboxylic acids is 1. The van der Waals surface area contributed by atoms with Gasteiger partial charge in [-0.25, -0.2) is 9.48 Å². The predicted octanol–water partition coefficient (Wildman–Crippen LogP) is 7.23. The lowest BCUT2D eigenvalue weighted by Crippen LogP contribution is -2.60. The molecular weight excluding hydrogens is 576 g/mol. The molecule has 7 rings (SSSR count). The third-order valence-corrected chi connectivity index (χ3v) is 11.1. The summed E-state index contributed by atoms with van der Waals surface area (Å²) in [6.07, 6.45) is 7.05. The van der Waals surface area contributed by atoms with Crippen molar-refractivity contribution in [2.45, 2.75) is 64.4 Å². The molecule has 2 aliphatic carbocycles.